The Kier molecular flexibility index (Phi) is 6.49. The Bertz CT molecular complexity index is 741. The van der Waals surface area contributed by atoms with Crippen molar-refractivity contribution in [2.45, 2.75) is 58.2 Å². The SMILES string of the molecule is C=C(N)c1ccc(OC(C)CO)c(CN2C(=O)CC(CC)(CC)N=C2N)c1. The number of carbonyl (C=O) groups excluding carboxylic acids is 1. The van der Waals surface area contributed by atoms with Crippen LogP contribution in [-0.4, -0.2) is 40.1 Å². The number of hydrogen-bond donors (Lipinski definition) is 3. The van der Waals surface area contributed by atoms with Crippen LogP contribution in [0, 0.1) is 0 Å². The Hall–Kier alpha value is -2.54. The molecule has 5 N–H and O–H groups in total. The lowest BCUT2D eigenvalue weighted by Gasteiger charge is -2.36. The molecular formula is C20H30N4O3. The molecule has 0 bridgehead atoms. The Morgan fingerprint density at radius 2 is 2.11 bits per heavy atom. The van der Waals surface area contributed by atoms with Crippen LogP contribution in [0.25, 0.3) is 5.70 Å². The summed E-state index contributed by atoms with van der Waals surface area (Å²) in [7, 11) is 0. The van der Waals surface area contributed by atoms with Gasteiger partial charge >= 0.3 is 0 Å². The van der Waals surface area contributed by atoms with Crippen LogP contribution in [0.5, 0.6) is 5.75 Å². The largest absolute Gasteiger partial charge is 0.488 e. The highest BCUT2D eigenvalue weighted by molar-refractivity contribution is 5.99. The molecule has 0 aromatic heterocycles. The van der Waals surface area contributed by atoms with Crippen LogP contribution < -0.4 is 16.2 Å². The molecule has 1 unspecified atom stereocenters. The smallest absolute Gasteiger partial charge is 0.232 e. The highest BCUT2D eigenvalue weighted by atomic mass is 16.5. The molecule has 1 amide bonds. The minimum atomic E-state index is -0.421. The fourth-order valence-corrected chi connectivity index (χ4v) is 3.12. The molecule has 2 rings (SSSR count). The van der Waals surface area contributed by atoms with Gasteiger partial charge in [0.2, 0.25) is 5.91 Å². The van der Waals surface area contributed by atoms with Crippen LogP contribution in [0.3, 0.4) is 0 Å². The number of ether oxygens (including phenoxy) is 1. The van der Waals surface area contributed by atoms with E-state index in [1.165, 1.54) is 4.90 Å². The summed E-state index contributed by atoms with van der Waals surface area (Å²) in [5.74, 6) is 0.711. The van der Waals surface area contributed by atoms with Crippen molar-refractivity contribution in [2.75, 3.05) is 6.61 Å². The minimum Gasteiger partial charge on any atom is -0.488 e. The zero-order chi connectivity index (χ0) is 20.2. The average molecular weight is 374 g/mol. The fourth-order valence-electron chi connectivity index (χ4n) is 3.12. The van der Waals surface area contributed by atoms with Gasteiger partial charge in [0.1, 0.15) is 11.9 Å². The molecule has 148 valence electrons. The van der Waals surface area contributed by atoms with Crippen LogP contribution >= 0.6 is 0 Å². The van der Waals surface area contributed by atoms with Crippen molar-refractivity contribution in [3.63, 3.8) is 0 Å². The van der Waals surface area contributed by atoms with E-state index in [9.17, 15) is 9.90 Å². The molecule has 1 aromatic rings. The van der Waals surface area contributed by atoms with Gasteiger partial charge in [-0.25, -0.2) is 4.99 Å². The van der Waals surface area contributed by atoms with E-state index in [1.807, 2.05) is 19.9 Å². The molecule has 0 aliphatic carbocycles. The number of guanidine groups is 1. The van der Waals surface area contributed by atoms with Crippen molar-refractivity contribution in [3.8, 4) is 5.75 Å². The zero-order valence-electron chi connectivity index (χ0n) is 16.4. The second-order valence-electron chi connectivity index (χ2n) is 7.02. The maximum absolute atomic E-state index is 12.8. The molecule has 0 radical (unpaired) electrons. The van der Waals surface area contributed by atoms with Gasteiger partial charge in [0, 0.05) is 11.3 Å². The number of hydrogen-bond acceptors (Lipinski definition) is 6. The Morgan fingerprint density at radius 1 is 1.44 bits per heavy atom. The van der Waals surface area contributed by atoms with Crippen molar-refractivity contribution < 1.29 is 14.6 Å². The van der Waals surface area contributed by atoms with Gasteiger partial charge in [0.05, 0.1) is 25.1 Å². The third kappa shape index (κ3) is 4.60. The van der Waals surface area contributed by atoms with Gasteiger partial charge < -0.3 is 21.3 Å². The Labute approximate surface area is 160 Å². The molecule has 0 saturated carbocycles. The number of aliphatic imine (C=N–C) groups is 1. The number of amides is 1. The normalized spacial score (nSPS) is 17.4. The summed E-state index contributed by atoms with van der Waals surface area (Å²) >= 11 is 0. The summed E-state index contributed by atoms with van der Waals surface area (Å²) < 4.78 is 5.79. The van der Waals surface area contributed by atoms with Gasteiger partial charge in [-0.2, -0.15) is 0 Å². The molecule has 1 atom stereocenters. The molecule has 0 fully saturated rings. The van der Waals surface area contributed by atoms with Crippen molar-refractivity contribution in [1.29, 1.82) is 0 Å². The zero-order valence-corrected chi connectivity index (χ0v) is 16.4. The van der Waals surface area contributed by atoms with E-state index in [1.54, 1.807) is 19.1 Å². The standard InChI is InChI=1S/C20H30N4O3/c1-5-20(6-2)10-18(26)24(19(22)23-20)11-16-9-15(14(4)21)7-8-17(16)27-13(3)12-25/h7-9,13,25H,4-6,10-12,21H2,1-3H3,(H2,22,23). The van der Waals surface area contributed by atoms with Crippen LogP contribution in [0.1, 0.15) is 51.2 Å². The van der Waals surface area contributed by atoms with Crippen molar-refractivity contribution in [1.82, 2.24) is 4.90 Å². The third-order valence-corrected chi connectivity index (χ3v) is 5.07. The molecule has 1 aliphatic heterocycles. The summed E-state index contributed by atoms with van der Waals surface area (Å²) in [5.41, 5.74) is 13.4. The third-order valence-electron chi connectivity index (χ3n) is 5.07. The van der Waals surface area contributed by atoms with Gasteiger partial charge in [-0.3, -0.25) is 9.69 Å². The predicted molar refractivity (Wildman–Crippen MR) is 107 cm³/mol. The van der Waals surface area contributed by atoms with E-state index in [4.69, 9.17) is 16.2 Å². The van der Waals surface area contributed by atoms with Gasteiger partial charge in [-0.1, -0.05) is 20.4 Å². The van der Waals surface area contributed by atoms with Gasteiger partial charge in [-0.05, 0) is 43.5 Å². The first-order valence-corrected chi connectivity index (χ1v) is 9.26. The number of nitrogens with two attached hydrogens (primary N) is 2. The molecule has 1 aliphatic rings. The molecule has 1 aromatic carbocycles. The van der Waals surface area contributed by atoms with Gasteiger partial charge in [-0.15, -0.1) is 0 Å². The summed E-state index contributed by atoms with van der Waals surface area (Å²) in [6.07, 6.45) is 1.46. The first-order chi connectivity index (χ1) is 12.7. The molecule has 0 saturated heterocycles. The number of rotatable bonds is 8. The van der Waals surface area contributed by atoms with Crippen LogP contribution in [-0.2, 0) is 11.3 Å². The minimum absolute atomic E-state index is 0.0654. The first-order valence-electron chi connectivity index (χ1n) is 9.26. The molecule has 0 spiro atoms. The van der Waals surface area contributed by atoms with Crippen molar-refractivity contribution in [2.24, 2.45) is 16.5 Å². The Morgan fingerprint density at radius 3 is 2.63 bits per heavy atom. The van der Waals surface area contributed by atoms with E-state index < -0.39 is 5.54 Å². The van der Waals surface area contributed by atoms with Crippen molar-refractivity contribution in [3.05, 3.63) is 35.9 Å². The quantitative estimate of drug-likeness (QED) is 0.644. The summed E-state index contributed by atoms with van der Waals surface area (Å²) in [5, 5.41) is 9.28. The van der Waals surface area contributed by atoms with E-state index >= 15 is 0 Å². The summed E-state index contributed by atoms with van der Waals surface area (Å²) in [4.78, 5) is 18.9. The lowest BCUT2D eigenvalue weighted by atomic mass is 9.88. The maximum atomic E-state index is 12.8. The monoisotopic (exact) mass is 374 g/mol. The fraction of sp³-hybridized carbons (Fsp3) is 0.500. The summed E-state index contributed by atoms with van der Waals surface area (Å²) in [6, 6.07) is 5.38. The first kappa shape index (κ1) is 20.8. The number of aliphatic hydroxyl groups is 1. The number of carbonyl (C=O) groups is 1. The molecular weight excluding hydrogens is 344 g/mol. The van der Waals surface area contributed by atoms with Crippen LogP contribution in [0.4, 0.5) is 0 Å². The maximum Gasteiger partial charge on any atom is 0.232 e. The summed E-state index contributed by atoms with van der Waals surface area (Å²) in [6.45, 7) is 9.65. The molecule has 7 nitrogen and oxygen atoms in total. The highest BCUT2D eigenvalue weighted by Crippen LogP contribution is 2.31. The number of nitrogens with zero attached hydrogens (tertiary/aromatic N) is 2. The number of aliphatic hydroxyl groups excluding tert-OH is 1. The molecule has 27 heavy (non-hydrogen) atoms. The topological polar surface area (TPSA) is 114 Å². The second-order valence-corrected chi connectivity index (χ2v) is 7.02. The van der Waals surface area contributed by atoms with E-state index in [-0.39, 0.29) is 31.1 Å². The van der Waals surface area contributed by atoms with E-state index in [2.05, 4.69) is 11.6 Å². The van der Waals surface area contributed by atoms with Gasteiger partial charge in [0.25, 0.3) is 0 Å². The highest BCUT2D eigenvalue weighted by Gasteiger charge is 2.37. The van der Waals surface area contributed by atoms with E-state index in [0.717, 1.165) is 24.0 Å². The number of benzene rings is 1. The van der Waals surface area contributed by atoms with Gasteiger partial charge in [0.15, 0.2) is 5.96 Å². The van der Waals surface area contributed by atoms with E-state index in [0.29, 0.717) is 17.9 Å². The lowest BCUT2D eigenvalue weighted by Crippen LogP contribution is -2.50. The Balaban J connectivity index is 2.38. The van der Waals surface area contributed by atoms with Crippen LogP contribution in [0.15, 0.2) is 29.8 Å². The molecule has 7 heteroatoms. The predicted octanol–water partition coefficient (Wildman–Crippen LogP) is 1.98. The van der Waals surface area contributed by atoms with Crippen molar-refractivity contribution >= 4 is 17.6 Å². The lowest BCUT2D eigenvalue weighted by molar-refractivity contribution is -0.130. The second kappa shape index (κ2) is 8.43. The average Bonchev–Trinajstić information content (AvgIpc) is 2.65. The molecule has 1 heterocycles. The van der Waals surface area contributed by atoms with Crippen LogP contribution in [0.2, 0.25) is 0 Å².